The molecule has 0 spiro atoms. The molecule has 0 saturated carbocycles. The van der Waals surface area contributed by atoms with Crippen LogP contribution in [0.1, 0.15) is 0 Å². The van der Waals surface area contributed by atoms with Gasteiger partial charge >= 0.3 is 11.9 Å². The minimum Gasteiger partial charge on any atom is -0.495 e. The van der Waals surface area contributed by atoms with Gasteiger partial charge in [-0.05, 0) is 0 Å². The van der Waals surface area contributed by atoms with E-state index < -0.39 is 30.2 Å². The number of esters is 2. The highest BCUT2D eigenvalue weighted by atomic mass is 16.5. The second kappa shape index (κ2) is 7.83. The Balaban J connectivity index is 2.40. The maximum atomic E-state index is 11.8. The first-order valence-electron chi connectivity index (χ1n) is 5.99. The molecule has 0 unspecified atom stereocenters. The van der Waals surface area contributed by atoms with Crippen molar-refractivity contribution < 1.29 is 33.4 Å². The van der Waals surface area contributed by atoms with Gasteiger partial charge in [0.1, 0.15) is 12.4 Å². The Kier molecular flexibility index (Phi) is 6.12. The molecule has 1 fully saturated rings. The Morgan fingerprint density at radius 2 is 1.95 bits per heavy atom. The van der Waals surface area contributed by atoms with E-state index in [1.807, 2.05) is 0 Å². The second-order valence-corrected chi connectivity index (χ2v) is 4.00. The van der Waals surface area contributed by atoms with E-state index in [4.69, 9.17) is 4.74 Å². The first-order valence-corrected chi connectivity index (χ1v) is 5.99. The largest absolute Gasteiger partial charge is 0.495 e. The smallest absolute Gasteiger partial charge is 0.331 e. The number of nitrogens with zero attached hydrogens (tertiary/aromatic N) is 1. The van der Waals surface area contributed by atoms with Gasteiger partial charge in [-0.25, -0.2) is 9.59 Å². The van der Waals surface area contributed by atoms with Crippen LogP contribution in [-0.4, -0.2) is 61.9 Å². The Morgan fingerprint density at radius 3 is 2.57 bits per heavy atom. The molecule has 0 aromatic rings. The van der Waals surface area contributed by atoms with Crippen molar-refractivity contribution in [1.82, 2.24) is 4.90 Å². The molecule has 0 bridgehead atoms. The van der Waals surface area contributed by atoms with E-state index in [2.05, 4.69) is 16.1 Å². The molecule has 1 aliphatic rings. The van der Waals surface area contributed by atoms with Crippen molar-refractivity contribution in [3.05, 3.63) is 24.5 Å². The summed E-state index contributed by atoms with van der Waals surface area (Å²) in [6.07, 6.45) is 1.65. The van der Waals surface area contributed by atoms with Crippen LogP contribution in [0.25, 0.3) is 0 Å². The molecule has 1 heterocycles. The molecule has 1 aliphatic heterocycles. The average Bonchev–Trinajstić information content (AvgIpc) is 2.49. The summed E-state index contributed by atoms with van der Waals surface area (Å²) in [6, 6.07) is 0. The maximum absolute atomic E-state index is 11.8. The van der Waals surface area contributed by atoms with Crippen LogP contribution >= 0.6 is 0 Å². The summed E-state index contributed by atoms with van der Waals surface area (Å²) in [5.41, 5.74) is 0. The Bertz CT molecular complexity index is 495. The van der Waals surface area contributed by atoms with Crippen LogP contribution in [0.3, 0.4) is 0 Å². The molecule has 0 N–H and O–H groups in total. The molecule has 21 heavy (non-hydrogen) atoms. The van der Waals surface area contributed by atoms with E-state index in [0.717, 1.165) is 19.3 Å². The molecule has 1 saturated heterocycles. The fourth-order valence-electron chi connectivity index (χ4n) is 1.44. The predicted molar refractivity (Wildman–Crippen MR) is 68.8 cm³/mol. The number of methoxy groups -OCH3 is 1. The quantitative estimate of drug-likeness (QED) is 0.372. The maximum Gasteiger partial charge on any atom is 0.331 e. The van der Waals surface area contributed by atoms with Gasteiger partial charge in [0, 0.05) is 12.2 Å². The molecule has 8 nitrogen and oxygen atoms in total. The van der Waals surface area contributed by atoms with Crippen molar-refractivity contribution >= 4 is 23.6 Å². The topological polar surface area (TPSA) is 99.2 Å². The van der Waals surface area contributed by atoms with E-state index in [1.54, 1.807) is 0 Å². The second-order valence-electron chi connectivity index (χ2n) is 4.00. The lowest BCUT2D eigenvalue weighted by molar-refractivity contribution is -0.152. The average molecular weight is 297 g/mol. The van der Waals surface area contributed by atoms with Gasteiger partial charge in [0.25, 0.3) is 11.7 Å². The minimum atomic E-state index is -0.923. The number of rotatable bonds is 5. The number of hydrogen-bond donors (Lipinski definition) is 0. The van der Waals surface area contributed by atoms with Gasteiger partial charge in [-0.2, -0.15) is 0 Å². The van der Waals surface area contributed by atoms with Crippen molar-refractivity contribution in [3.8, 4) is 0 Å². The lowest BCUT2D eigenvalue weighted by Crippen LogP contribution is -2.44. The zero-order chi connectivity index (χ0) is 15.8. The third-order valence-electron chi connectivity index (χ3n) is 2.46. The Labute approximate surface area is 120 Å². The van der Waals surface area contributed by atoms with E-state index in [1.165, 1.54) is 4.90 Å². The summed E-state index contributed by atoms with van der Waals surface area (Å²) in [4.78, 5) is 46.5. The minimum absolute atomic E-state index is 0.126. The fourth-order valence-corrected chi connectivity index (χ4v) is 1.44. The summed E-state index contributed by atoms with van der Waals surface area (Å²) < 4.78 is 13.9. The number of carbonyl (C=O) groups is 4. The van der Waals surface area contributed by atoms with Crippen LogP contribution in [0.2, 0.25) is 0 Å². The van der Waals surface area contributed by atoms with Gasteiger partial charge in [-0.1, -0.05) is 6.58 Å². The Hall–Kier alpha value is -2.64. The van der Waals surface area contributed by atoms with Gasteiger partial charge in [-0.3, -0.25) is 9.59 Å². The third-order valence-corrected chi connectivity index (χ3v) is 2.46. The molecule has 0 aliphatic carbocycles. The van der Waals surface area contributed by atoms with Gasteiger partial charge in [-0.15, -0.1) is 0 Å². The van der Waals surface area contributed by atoms with Crippen LogP contribution in [-0.2, 0) is 33.4 Å². The number of morpholine rings is 1. The fraction of sp³-hybridized carbons (Fsp3) is 0.385. The number of ketones is 1. The van der Waals surface area contributed by atoms with Crippen LogP contribution in [0, 0.1) is 0 Å². The van der Waals surface area contributed by atoms with Crippen molar-refractivity contribution in [2.24, 2.45) is 0 Å². The van der Waals surface area contributed by atoms with Crippen molar-refractivity contribution in [3.63, 3.8) is 0 Å². The molecule has 114 valence electrons. The number of ether oxygens (including phenoxy) is 3. The molecule has 0 atom stereocenters. The van der Waals surface area contributed by atoms with Crippen molar-refractivity contribution in [2.45, 2.75) is 0 Å². The summed E-state index contributed by atoms with van der Waals surface area (Å²) in [6.45, 7) is 3.52. The summed E-state index contributed by atoms with van der Waals surface area (Å²) in [5.74, 6) is -2.91. The number of amides is 1. The lowest BCUT2D eigenvalue weighted by atomic mass is 10.3. The molecule has 0 aromatic heterocycles. The standard InChI is InChI=1S/C13H15NO7/c1-9-7-14(5-6-20-9)13(18)10(15)8-21-12(17)4-3-11(16)19-2/h3-4H,1,5-8H2,2H3/b4-3+. The van der Waals surface area contributed by atoms with Crippen molar-refractivity contribution in [2.75, 3.05) is 33.4 Å². The molecule has 8 heteroatoms. The number of Topliss-reactive ketones (excluding diaryl/α,β-unsaturated/α-hetero) is 1. The SMILES string of the molecule is C=C1CN(C(=O)C(=O)COC(=O)/C=C/C(=O)OC)CCO1. The summed E-state index contributed by atoms with van der Waals surface area (Å²) in [5, 5.41) is 0. The molecule has 1 amide bonds. The van der Waals surface area contributed by atoms with Gasteiger partial charge in [0.05, 0.1) is 20.2 Å². The zero-order valence-corrected chi connectivity index (χ0v) is 11.5. The van der Waals surface area contributed by atoms with E-state index in [0.29, 0.717) is 5.76 Å². The first-order chi connectivity index (χ1) is 9.93. The van der Waals surface area contributed by atoms with E-state index in [9.17, 15) is 19.2 Å². The highest BCUT2D eigenvalue weighted by Gasteiger charge is 2.25. The third kappa shape index (κ3) is 5.47. The monoisotopic (exact) mass is 297 g/mol. The van der Waals surface area contributed by atoms with Crippen LogP contribution in [0.15, 0.2) is 24.5 Å². The van der Waals surface area contributed by atoms with E-state index >= 15 is 0 Å². The number of carbonyl (C=O) groups excluding carboxylic acids is 4. The number of hydrogen-bond acceptors (Lipinski definition) is 7. The van der Waals surface area contributed by atoms with Gasteiger partial charge in [0.2, 0.25) is 0 Å². The molecule has 1 rings (SSSR count). The summed E-state index contributed by atoms with van der Waals surface area (Å²) in [7, 11) is 1.15. The normalized spacial score (nSPS) is 14.5. The van der Waals surface area contributed by atoms with Crippen LogP contribution in [0.5, 0.6) is 0 Å². The van der Waals surface area contributed by atoms with Crippen molar-refractivity contribution in [1.29, 1.82) is 0 Å². The highest BCUT2D eigenvalue weighted by molar-refractivity contribution is 6.36. The molecular weight excluding hydrogens is 282 g/mol. The van der Waals surface area contributed by atoms with Crippen LogP contribution in [0.4, 0.5) is 0 Å². The highest BCUT2D eigenvalue weighted by Crippen LogP contribution is 2.06. The van der Waals surface area contributed by atoms with Gasteiger partial charge < -0.3 is 19.1 Å². The van der Waals surface area contributed by atoms with E-state index in [-0.39, 0.29) is 19.7 Å². The zero-order valence-electron chi connectivity index (χ0n) is 11.5. The lowest BCUT2D eigenvalue weighted by Gasteiger charge is -2.27. The molecule has 0 aromatic carbocycles. The first kappa shape index (κ1) is 16.4. The summed E-state index contributed by atoms with van der Waals surface area (Å²) >= 11 is 0. The van der Waals surface area contributed by atoms with Crippen LogP contribution < -0.4 is 0 Å². The molecular formula is C13H15NO7. The Morgan fingerprint density at radius 1 is 1.29 bits per heavy atom. The molecule has 0 radical (unpaired) electrons. The van der Waals surface area contributed by atoms with Gasteiger partial charge in [0.15, 0.2) is 6.61 Å². The predicted octanol–water partition coefficient (Wildman–Crippen LogP) is -0.800.